The molecule has 0 atom stereocenters. The molecule has 0 bridgehead atoms. The van der Waals surface area contributed by atoms with Gasteiger partial charge in [-0.2, -0.15) is 0 Å². The summed E-state index contributed by atoms with van der Waals surface area (Å²) >= 11 is 0. The van der Waals surface area contributed by atoms with E-state index in [-0.39, 0.29) is 23.5 Å². The number of hydrogen-bond acceptors (Lipinski definition) is 3. The number of hydrogen-bond donors (Lipinski definition) is 1. The molecule has 100 valence electrons. The van der Waals surface area contributed by atoms with Crippen LogP contribution in [0, 0.1) is 5.41 Å². The predicted molar refractivity (Wildman–Crippen MR) is 68.7 cm³/mol. The molecule has 1 saturated heterocycles. The van der Waals surface area contributed by atoms with E-state index in [1.807, 2.05) is 25.7 Å². The lowest BCUT2D eigenvalue weighted by atomic mass is 9.80. The number of ether oxygens (including phenoxy) is 1. The van der Waals surface area contributed by atoms with E-state index < -0.39 is 0 Å². The van der Waals surface area contributed by atoms with Crippen molar-refractivity contribution in [2.75, 3.05) is 26.2 Å². The van der Waals surface area contributed by atoms with E-state index in [2.05, 4.69) is 6.92 Å². The van der Waals surface area contributed by atoms with Gasteiger partial charge in [0.2, 0.25) is 5.91 Å². The molecule has 0 aliphatic carbocycles. The van der Waals surface area contributed by atoms with Crippen LogP contribution in [-0.2, 0) is 9.53 Å². The van der Waals surface area contributed by atoms with Crippen molar-refractivity contribution in [1.82, 2.24) is 4.90 Å². The molecule has 1 aliphatic rings. The van der Waals surface area contributed by atoms with Crippen LogP contribution >= 0.6 is 0 Å². The Labute approximate surface area is 104 Å². The number of rotatable bonds is 3. The summed E-state index contributed by atoms with van der Waals surface area (Å²) in [6.07, 6.45) is 1.98. The third-order valence-corrected chi connectivity index (χ3v) is 3.44. The summed E-state index contributed by atoms with van der Waals surface area (Å²) in [5.74, 6) is 0.0963. The van der Waals surface area contributed by atoms with E-state index in [9.17, 15) is 4.79 Å². The van der Waals surface area contributed by atoms with Gasteiger partial charge in [0, 0.05) is 13.1 Å². The molecule has 0 aromatic carbocycles. The number of piperidine rings is 1. The van der Waals surface area contributed by atoms with E-state index in [4.69, 9.17) is 10.5 Å². The van der Waals surface area contributed by atoms with E-state index in [1.54, 1.807) is 0 Å². The highest BCUT2D eigenvalue weighted by atomic mass is 16.5. The lowest BCUT2D eigenvalue weighted by molar-refractivity contribution is -0.143. The molecular formula is C13H26N2O2. The van der Waals surface area contributed by atoms with E-state index >= 15 is 0 Å². The molecule has 17 heavy (non-hydrogen) atoms. The number of carbonyl (C=O) groups excluding carboxylic acids is 1. The van der Waals surface area contributed by atoms with Crippen LogP contribution in [0.2, 0.25) is 0 Å². The summed E-state index contributed by atoms with van der Waals surface area (Å²) in [6.45, 7) is 10.6. The smallest absolute Gasteiger partial charge is 0.248 e. The maximum Gasteiger partial charge on any atom is 0.248 e. The molecule has 1 aliphatic heterocycles. The highest BCUT2D eigenvalue weighted by molar-refractivity contribution is 5.77. The summed E-state index contributed by atoms with van der Waals surface area (Å²) in [4.78, 5) is 13.8. The fraction of sp³-hybridized carbons (Fsp3) is 0.923. The molecule has 0 unspecified atom stereocenters. The normalized spacial score (nSPS) is 20.4. The zero-order chi connectivity index (χ0) is 13.1. The lowest BCUT2D eigenvalue weighted by Gasteiger charge is -2.38. The first-order chi connectivity index (χ1) is 7.76. The molecule has 1 rings (SSSR count). The summed E-state index contributed by atoms with van der Waals surface area (Å²) in [6, 6.07) is 0. The molecule has 4 nitrogen and oxygen atoms in total. The average Bonchev–Trinajstić information content (AvgIpc) is 2.26. The summed E-state index contributed by atoms with van der Waals surface area (Å²) < 4.78 is 5.51. The van der Waals surface area contributed by atoms with Crippen molar-refractivity contribution in [3.05, 3.63) is 0 Å². The van der Waals surface area contributed by atoms with Crippen molar-refractivity contribution in [2.24, 2.45) is 11.1 Å². The quantitative estimate of drug-likeness (QED) is 0.813. The minimum Gasteiger partial charge on any atom is -0.366 e. The monoisotopic (exact) mass is 242 g/mol. The second-order valence-corrected chi connectivity index (χ2v) is 6.30. The first-order valence-corrected chi connectivity index (χ1v) is 6.38. The largest absolute Gasteiger partial charge is 0.366 e. The van der Waals surface area contributed by atoms with Crippen LogP contribution in [0.3, 0.4) is 0 Å². The Balaban J connectivity index is 2.36. The first kappa shape index (κ1) is 14.5. The number of nitrogens with two attached hydrogens (primary N) is 1. The number of carbonyl (C=O) groups is 1. The summed E-state index contributed by atoms with van der Waals surface area (Å²) in [7, 11) is 0. The first-order valence-electron chi connectivity index (χ1n) is 6.38. The number of amides is 1. The van der Waals surface area contributed by atoms with Gasteiger partial charge in [-0.3, -0.25) is 4.79 Å². The third kappa shape index (κ3) is 4.64. The molecular weight excluding hydrogens is 216 g/mol. The minimum atomic E-state index is -0.253. The second kappa shape index (κ2) is 5.36. The van der Waals surface area contributed by atoms with Gasteiger partial charge in [-0.15, -0.1) is 0 Å². The molecule has 1 fully saturated rings. The molecule has 0 spiro atoms. The van der Waals surface area contributed by atoms with Crippen molar-refractivity contribution in [3.8, 4) is 0 Å². The van der Waals surface area contributed by atoms with Gasteiger partial charge >= 0.3 is 0 Å². The maximum atomic E-state index is 11.9. The topological polar surface area (TPSA) is 55.6 Å². The zero-order valence-electron chi connectivity index (χ0n) is 11.6. The van der Waals surface area contributed by atoms with E-state index in [1.165, 1.54) is 0 Å². The van der Waals surface area contributed by atoms with Gasteiger partial charge < -0.3 is 15.4 Å². The Kier molecular flexibility index (Phi) is 4.55. The Bertz CT molecular complexity index is 263. The Morgan fingerprint density at radius 1 is 1.35 bits per heavy atom. The zero-order valence-corrected chi connectivity index (χ0v) is 11.6. The average molecular weight is 242 g/mol. The Hall–Kier alpha value is -0.610. The highest BCUT2D eigenvalue weighted by Gasteiger charge is 2.30. The Morgan fingerprint density at radius 3 is 2.29 bits per heavy atom. The molecule has 2 N–H and O–H groups in total. The summed E-state index contributed by atoms with van der Waals surface area (Å²) in [5.41, 5.74) is 5.70. The van der Waals surface area contributed by atoms with Gasteiger partial charge in [-0.1, -0.05) is 6.92 Å². The van der Waals surface area contributed by atoms with Crippen LogP contribution in [0.1, 0.15) is 40.5 Å². The number of likely N-dealkylation sites (tertiary alicyclic amines) is 1. The van der Waals surface area contributed by atoms with Gasteiger partial charge in [0.1, 0.15) is 6.61 Å². The van der Waals surface area contributed by atoms with E-state index in [0.717, 1.165) is 25.9 Å². The fourth-order valence-electron chi connectivity index (χ4n) is 1.87. The van der Waals surface area contributed by atoms with Crippen LogP contribution in [0.15, 0.2) is 0 Å². The van der Waals surface area contributed by atoms with Gasteiger partial charge in [0.15, 0.2) is 0 Å². The van der Waals surface area contributed by atoms with Gasteiger partial charge in [0.25, 0.3) is 0 Å². The fourth-order valence-corrected chi connectivity index (χ4v) is 1.87. The standard InChI is InChI=1S/C13H26N2O2/c1-12(2,3)17-9-11(16)15-7-5-13(4,10-14)6-8-15/h5-10,14H2,1-4H3. The highest BCUT2D eigenvalue weighted by Crippen LogP contribution is 2.29. The molecule has 1 amide bonds. The van der Waals surface area contributed by atoms with Gasteiger partial charge in [-0.25, -0.2) is 0 Å². The molecule has 0 radical (unpaired) electrons. The van der Waals surface area contributed by atoms with Crippen molar-refractivity contribution in [2.45, 2.75) is 46.1 Å². The van der Waals surface area contributed by atoms with Crippen LogP contribution in [-0.4, -0.2) is 42.6 Å². The SMILES string of the molecule is CC1(CN)CCN(C(=O)COC(C)(C)C)CC1. The van der Waals surface area contributed by atoms with Gasteiger partial charge in [0.05, 0.1) is 5.60 Å². The third-order valence-electron chi connectivity index (χ3n) is 3.44. The van der Waals surface area contributed by atoms with Crippen molar-refractivity contribution in [3.63, 3.8) is 0 Å². The molecule has 1 heterocycles. The van der Waals surface area contributed by atoms with Crippen LogP contribution in [0.4, 0.5) is 0 Å². The van der Waals surface area contributed by atoms with Crippen molar-refractivity contribution in [1.29, 1.82) is 0 Å². The van der Waals surface area contributed by atoms with Gasteiger partial charge in [-0.05, 0) is 45.6 Å². The molecule has 0 aromatic rings. The second-order valence-electron chi connectivity index (χ2n) is 6.30. The van der Waals surface area contributed by atoms with Crippen molar-refractivity contribution >= 4 is 5.91 Å². The lowest BCUT2D eigenvalue weighted by Crippen LogP contribution is -2.46. The van der Waals surface area contributed by atoms with E-state index in [0.29, 0.717) is 6.54 Å². The molecule has 0 saturated carbocycles. The van der Waals surface area contributed by atoms with Crippen LogP contribution in [0.25, 0.3) is 0 Å². The minimum absolute atomic E-state index is 0.0963. The van der Waals surface area contributed by atoms with Crippen LogP contribution < -0.4 is 5.73 Å². The predicted octanol–water partition coefficient (Wildman–Crippen LogP) is 1.39. The molecule has 4 heteroatoms. The molecule has 0 aromatic heterocycles. The number of nitrogens with zero attached hydrogens (tertiary/aromatic N) is 1. The van der Waals surface area contributed by atoms with Crippen LogP contribution in [0.5, 0.6) is 0 Å². The summed E-state index contributed by atoms with van der Waals surface area (Å²) in [5, 5.41) is 0. The maximum absolute atomic E-state index is 11.9. The van der Waals surface area contributed by atoms with Crippen molar-refractivity contribution < 1.29 is 9.53 Å². The Morgan fingerprint density at radius 2 is 1.88 bits per heavy atom.